The highest BCUT2D eigenvalue weighted by atomic mass is 19.1. The first kappa shape index (κ1) is 9.49. The maximum Gasteiger partial charge on any atom is 0.332 e. The first-order valence-corrected chi connectivity index (χ1v) is 3.09. The molecule has 0 aromatic heterocycles. The van der Waals surface area contributed by atoms with E-state index >= 15 is 0 Å². The highest BCUT2D eigenvalue weighted by Crippen LogP contribution is 1.97. The molecule has 0 aliphatic heterocycles. The fraction of sp³-hybridized carbons (Fsp3) is 0.833. The molecule has 60 valence electrons. The molecule has 0 N–H and O–H groups in total. The molecule has 0 bridgehead atoms. The Bertz CT molecular complexity index is 106. The van der Waals surface area contributed by atoms with Crippen molar-refractivity contribution in [2.24, 2.45) is 0 Å². The van der Waals surface area contributed by atoms with Crippen LogP contribution in [0.1, 0.15) is 13.3 Å². The van der Waals surface area contributed by atoms with Gasteiger partial charge < -0.3 is 4.74 Å². The molecule has 2 nitrogen and oxygen atoms in total. The third-order valence-electron chi connectivity index (χ3n) is 0.916. The van der Waals surface area contributed by atoms with Crippen LogP contribution in [0.5, 0.6) is 0 Å². The molecule has 1 unspecified atom stereocenters. The molecule has 0 fully saturated rings. The Hall–Kier alpha value is -0.510. The van der Waals surface area contributed by atoms with Crippen molar-refractivity contribution < 1.29 is 18.3 Å². The molecule has 0 amide bonds. The van der Waals surface area contributed by atoms with Crippen LogP contribution >= 0.6 is 0 Å². The van der Waals surface area contributed by atoms with E-state index in [-0.39, 0.29) is 6.61 Å². The lowest BCUT2D eigenvalue weighted by Gasteiger charge is -2.06. The van der Waals surface area contributed by atoms with E-state index in [0.717, 1.165) is 0 Å². The van der Waals surface area contributed by atoms with Crippen LogP contribution in [0.25, 0.3) is 0 Å². The zero-order valence-electron chi connectivity index (χ0n) is 5.77. The smallest absolute Gasteiger partial charge is 0.332 e. The van der Waals surface area contributed by atoms with Gasteiger partial charge in [-0.15, -0.1) is 0 Å². The number of hydrogen-bond acceptors (Lipinski definition) is 2. The molecule has 0 aliphatic rings. The summed E-state index contributed by atoms with van der Waals surface area (Å²) in [6.45, 7) is 0.914. The second-order valence-electron chi connectivity index (χ2n) is 1.82. The van der Waals surface area contributed by atoms with E-state index in [9.17, 15) is 13.6 Å². The van der Waals surface area contributed by atoms with Crippen LogP contribution in [0.3, 0.4) is 0 Å². The lowest BCUT2D eigenvalue weighted by Crippen LogP contribution is -2.23. The number of rotatable bonds is 5. The number of carbonyl (C=O) groups excluding carboxylic acids is 1. The zero-order valence-corrected chi connectivity index (χ0v) is 5.77. The molecule has 1 atom stereocenters. The number of hydrogen-bond donors (Lipinski definition) is 0. The summed E-state index contributed by atoms with van der Waals surface area (Å²) in [5.74, 6) is 0. The fourth-order valence-electron chi connectivity index (χ4n) is 0.431. The second-order valence-corrected chi connectivity index (χ2v) is 1.82. The van der Waals surface area contributed by atoms with E-state index in [0.29, 0.717) is 6.42 Å². The highest BCUT2D eigenvalue weighted by Gasteiger charge is 2.17. The Kier molecular flexibility index (Phi) is 5.02. The maximum absolute atomic E-state index is 11.7. The summed E-state index contributed by atoms with van der Waals surface area (Å²) < 4.78 is 27.8. The monoisotopic (exact) mass is 152 g/mol. The van der Waals surface area contributed by atoms with E-state index in [2.05, 4.69) is 4.74 Å². The molecule has 0 spiro atoms. The van der Waals surface area contributed by atoms with Gasteiger partial charge in [-0.2, -0.15) is 4.39 Å². The van der Waals surface area contributed by atoms with Crippen LogP contribution in [-0.2, 0) is 9.53 Å². The summed E-state index contributed by atoms with van der Waals surface area (Å²) in [7, 11) is 0. The van der Waals surface area contributed by atoms with Crippen molar-refractivity contribution in [3.8, 4) is 0 Å². The summed E-state index contributed by atoms with van der Waals surface area (Å²) >= 11 is 0. The Balaban J connectivity index is 3.50. The predicted molar refractivity (Wildman–Crippen MR) is 32.1 cm³/mol. The van der Waals surface area contributed by atoms with Crippen molar-refractivity contribution in [1.82, 2.24) is 0 Å². The minimum Gasteiger partial charge on any atom is -0.365 e. The standard InChI is InChI=1S/C6H10F2O2/c1-2-3-10-5(4-7)6(8)9/h5H,2-4H2,1H3. The maximum atomic E-state index is 11.7. The van der Waals surface area contributed by atoms with Gasteiger partial charge in [0.05, 0.1) is 0 Å². The van der Waals surface area contributed by atoms with Crippen LogP contribution in [-0.4, -0.2) is 25.4 Å². The van der Waals surface area contributed by atoms with Gasteiger partial charge in [0.2, 0.25) is 0 Å². The van der Waals surface area contributed by atoms with Crippen LogP contribution < -0.4 is 0 Å². The molecule has 0 saturated heterocycles. The average molecular weight is 152 g/mol. The number of ether oxygens (including phenoxy) is 1. The minimum absolute atomic E-state index is 0.213. The van der Waals surface area contributed by atoms with Crippen molar-refractivity contribution in [1.29, 1.82) is 0 Å². The van der Waals surface area contributed by atoms with Gasteiger partial charge in [-0.1, -0.05) is 6.92 Å². The van der Waals surface area contributed by atoms with E-state index in [1.54, 1.807) is 6.92 Å². The van der Waals surface area contributed by atoms with Gasteiger partial charge in [-0.25, -0.2) is 4.39 Å². The molecular formula is C6H10F2O2. The Morgan fingerprint density at radius 2 is 2.30 bits per heavy atom. The fourth-order valence-corrected chi connectivity index (χ4v) is 0.431. The van der Waals surface area contributed by atoms with E-state index < -0.39 is 18.8 Å². The summed E-state index contributed by atoms with van der Waals surface area (Å²) in [6.07, 6.45) is -0.857. The van der Waals surface area contributed by atoms with E-state index in [1.807, 2.05) is 0 Å². The molecule has 4 heteroatoms. The molecule has 0 radical (unpaired) electrons. The summed E-state index contributed by atoms with van der Waals surface area (Å²) in [4.78, 5) is 9.85. The molecule has 0 aromatic rings. The highest BCUT2D eigenvalue weighted by molar-refractivity contribution is 5.73. The quantitative estimate of drug-likeness (QED) is 0.554. The Morgan fingerprint density at radius 1 is 1.70 bits per heavy atom. The number of alkyl halides is 1. The average Bonchev–Trinajstić information content (AvgIpc) is 1.89. The van der Waals surface area contributed by atoms with Gasteiger partial charge in [0.25, 0.3) is 0 Å². The molecule has 0 rings (SSSR count). The number of halogens is 2. The first-order valence-electron chi connectivity index (χ1n) is 3.09. The lowest BCUT2D eigenvalue weighted by atomic mass is 10.4. The topological polar surface area (TPSA) is 26.3 Å². The summed E-state index contributed by atoms with van der Waals surface area (Å²) in [6, 6.07) is -1.74. The van der Waals surface area contributed by atoms with Gasteiger partial charge >= 0.3 is 6.04 Å². The second kappa shape index (κ2) is 5.29. The molecule has 0 heterocycles. The molecular weight excluding hydrogens is 142 g/mol. The Labute approximate surface area is 58.2 Å². The molecule has 0 aromatic carbocycles. The van der Waals surface area contributed by atoms with Gasteiger partial charge in [0.1, 0.15) is 6.67 Å². The first-order chi connectivity index (χ1) is 4.72. The molecule has 0 saturated carbocycles. The van der Waals surface area contributed by atoms with E-state index in [4.69, 9.17) is 0 Å². The third-order valence-corrected chi connectivity index (χ3v) is 0.916. The molecule has 0 aliphatic carbocycles. The summed E-state index contributed by atoms with van der Waals surface area (Å²) in [5.41, 5.74) is 0. The van der Waals surface area contributed by atoms with Crippen LogP contribution in [0.15, 0.2) is 0 Å². The van der Waals surface area contributed by atoms with Crippen molar-refractivity contribution in [2.75, 3.05) is 13.3 Å². The minimum atomic E-state index is -1.74. The largest absolute Gasteiger partial charge is 0.365 e. The number of carbonyl (C=O) groups is 1. The van der Waals surface area contributed by atoms with Crippen molar-refractivity contribution in [2.45, 2.75) is 19.4 Å². The van der Waals surface area contributed by atoms with Crippen molar-refractivity contribution in [3.63, 3.8) is 0 Å². The predicted octanol–water partition coefficient (Wildman–Crippen LogP) is 1.25. The lowest BCUT2D eigenvalue weighted by molar-refractivity contribution is -0.142. The SMILES string of the molecule is CCCOC(CF)C(=O)F. The normalized spacial score (nSPS) is 13.1. The molecule has 10 heavy (non-hydrogen) atoms. The van der Waals surface area contributed by atoms with Gasteiger partial charge in [0.15, 0.2) is 6.10 Å². The van der Waals surface area contributed by atoms with Crippen molar-refractivity contribution >= 4 is 6.04 Å². The van der Waals surface area contributed by atoms with Gasteiger partial charge in [-0.3, -0.25) is 4.79 Å². The van der Waals surface area contributed by atoms with Crippen molar-refractivity contribution in [3.05, 3.63) is 0 Å². The zero-order chi connectivity index (χ0) is 7.98. The third kappa shape index (κ3) is 3.50. The van der Waals surface area contributed by atoms with Crippen LogP contribution in [0, 0.1) is 0 Å². The van der Waals surface area contributed by atoms with Gasteiger partial charge in [-0.05, 0) is 6.42 Å². The van der Waals surface area contributed by atoms with Gasteiger partial charge in [0, 0.05) is 6.61 Å². The van der Waals surface area contributed by atoms with Crippen LogP contribution in [0.4, 0.5) is 8.78 Å². The Morgan fingerprint density at radius 3 is 2.60 bits per heavy atom. The van der Waals surface area contributed by atoms with Crippen LogP contribution in [0.2, 0.25) is 0 Å². The van der Waals surface area contributed by atoms with E-state index in [1.165, 1.54) is 0 Å². The summed E-state index contributed by atoms with van der Waals surface area (Å²) in [5, 5.41) is 0.